The summed E-state index contributed by atoms with van der Waals surface area (Å²) < 4.78 is 9.81. The van der Waals surface area contributed by atoms with Crippen LogP contribution in [0.4, 0.5) is 0 Å². The van der Waals surface area contributed by atoms with Crippen molar-refractivity contribution in [3.8, 4) is 0 Å². The molecule has 0 fully saturated rings. The van der Waals surface area contributed by atoms with Gasteiger partial charge in [0.1, 0.15) is 6.79 Å². The number of rotatable bonds is 4. The van der Waals surface area contributed by atoms with Gasteiger partial charge in [-0.25, -0.2) is 0 Å². The molecule has 11 heavy (non-hydrogen) atoms. The predicted molar refractivity (Wildman–Crippen MR) is 39.7 cm³/mol. The lowest BCUT2D eigenvalue weighted by Gasteiger charge is -2.00. The van der Waals surface area contributed by atoms with E-state index in [4.69, 9.17) is 9.47 Å². The predicted octanol–water partition coefficient (Wildman–Crippen LogP) is 1.00. The lowest BCUT2D eigenvalue weighted by atomic mass is 10.3. The summed E-state index contributed by atoms with van der Waals surface area (Å²) in [6.45, 7) is 0.855. The van der Waals surface area contributed by atoms with Crippen LogP contribution in [0, 0.1) is 6.20 Å². The first kappa shape index (κ1) is 8.17. The first-order valence-electron chi connectivity index (χ1n) is 3.31. The van der Waals surface area contributed by atoms with E-state index in [1.54, 1.807) is 19.4 Å². The first-order valence-corrected chi connectivity index (χ1v) is 3.31. The van der Waals surface area contributed by atoms with Crippen LogP contribution in [0.3, 0.4) is 0 Å². The van der Waals surface area contributed by atoms with Gasteiger partial charge in [0.05, 0.1) is 12.8 Å². The highest BCUT2D eigenvalue weighted by atomic mass is 16.7. The summed E-state index contributed by atoms with van der Waals surface area (Å²) in [5.74, 6) is 0. The van der Waals surface area contributed by atoms with Crippen molar-refractivity contribution in [2.75, 3.05) is 13.9 Å². The van der Waals surface area contributed by atoms with Crippen LogP contribution in [0.15, 0.2) is 18.3 Å². The molecule has 0 unspecified atom stereocenters. The van der Waals surface area contributed by atoms with E-state index in [0.29, 0.717) is 13.4 Å². The molecule has 0 saturated carbocycles. The number of pyridine rings is 1. The van der Waals surface area contributed by atoms with Crippen LogP contribution in [0.2, 0.25) is 0 Å². The molecule has 1 heterocycles. The van der Waals surface area contributed by atoms with Crippen molar-refractivity contribution in [2.45, 2.75) is 6.61 Å². The SMILES string of the molecule is COCOCc1cc[c]nc1. The fourth-order valence-electron chi connectivity index (χ4n) is 0.679. The van der Waals surface area contributed by atoms with E-state index in [0.717, 1.165) is 5.56 Å². The van der Waals surface area contributed by atoms with Gasteiger partial charge in [-0.1, -0.05) is 6.07 Å². The van der Waals surface area contributed by atoms with Gasteiger partial charge in [0, 0.05) is 13.3 Å². The molecule has 1 rings (SSSR count). The average molecular weight is 152 g/mol. The van der Waals surface area contributed by atoms with Crippen LogP contribution in [0.5, 0.6) is 0 Å². The van der Waals surface area contributed by atoms with Gasteiger partial charge in [0.25, 0.3) is 0 Å². The Morgan fingerprint density at radius 2 is 2.55 bits per heavy atom. The van der Waals surface area contributed by atoms with Gasteiger partial charge in [0.2, 0.25) is 0 Å². The van der Waals surface area contributed by atoms with Crippen LogP contribution < -0.4 is 0 Å². The highest BCUT2D eigenvalue weighted by Gasteiger charge is 1.89. The summed E-state index contributed by atoms with van der Waals surface area (Å²) in [7, 11) is 1.59. The van der Waals surface area contributed by atoms with Crippen LogP contribution in [0.1, 0.15) is 5.56 Å². The maximum absolute atomic E-state index is 5.09. The molecule has 1 aromatic heterocycles. The molecule has 0 aliphatic carbocycles. The molecule has 1 aromatic rings. The number of hydrogen-bond acceptors (Lipinski definition) is 3. The van der Waals surface area contributed by atoms with Gasteiger partial charge in [-0.05, 0) is 11.6 Å². The largest absolute Gasteiger partial charge is 0.359 e. The third-order valence-electron chi connectivity index (χ3n) is 1.15. The van der Waals surface area contributed by atoms with Gasteiger partial charge in [-0.3, -0.25) is 4.98 Å². The molecule has 3 heteroatoms. The van der Waals surface area contributed by atoms with Crippen molar-refractivity contribution in [2.24, 2.45) is 0 Å². The van der Waals surface area contributed by atoms with E-state index in [1.807, 2.05) is 6.07 Å². The van der Waals surface area contributed by atoms with Crippen molar-refractivity contribution >= 4 is 0 Å². The minimum Gasteiger partial charge on any atom is -0.359 e. The highest BCUT2D eigenvalue weighted by molar-refractivity contribution is 5.05. The van der Waals surface area contributed by atoms with Crippen LogP contribution in [-0.2, 0) is 16.1 Å². The quantitative estimate of drug-likeness (QED) is 0.476. The molecular weight excluding hydrogens is 142 g/mol. The first-order chi connectivity index (χ1) is 5.43. The minimum atomic E-state index is 0.318. The van der Waals surface area contributed by atoms with Crippen LogP contribution in [0.25, 0.3) is 0 Å². The highest BCUT2D eigenvalue weighted by Crippen LogP contribution is 1.96. The van der Waals surface area contributed by atoms with E-state index in [-0.39, 0.29) is 0 Å². The molecule has 0 N–H and O–H groups in total. The molecule has 3 nitrogen and oxygen atoms in total. The van der Waals surface area contributed by atoms with E-state index in [2.05, 4.69) is 11.2 Å². The summed E-state index contributed by atoms with van der Waals surface area (Å²) in [5.41, 5.74) is 1.03. The average Bonchev–Trinajstić information content (AvgIpc) is 2.07. The van der Waals surface area contributed by atoms with E-state index in [1.165, 1.54) is 0 Å². The Balaban J connectivity index is 2.28. The van der Waals surface area contributed by atoms with E-state index in [9.17, 15) is 0 Å². The lowest BCUT2D eigenvalue weighted by molar-refractivity contribution is -0.0391. The Hall–Kier alpha value is -0.930. The monoisotopic (exact) mass is 152 g/mol. The molecule has 0 aliphatic heterocycles. The van der Waals surface area contributed by atoms with Crippen LogP contribution in [-0.4, -0.2) is 18.9 Å². The molecular formula is C8H10NO2. The van der Waals surface area contributed by atoms with Crippen molar-refractivity contribution in [3.63, 3.8) is 0 Å². The second-order valence-electron chi connectivity index (χ2n) is 2.05. The zero-order valence-corrected chi connectivity index (χ0v) is 6.41. The van der Waals surface area contributed by atoms with Crippen LogP contribution >= 0.6 is 0 Å². The molecule has 1 radical (unpaired) electrons. The molecule has 0 saturated heterocycles. The number of ether oxygens (including phenoxy) is 2. The molecule has 0 spiro atoms. The molecule has 0 aliphatic rings. The molecule has 0 amide bonds. The number of hydrogen-bond donors (Lipinski definition) is 0. The third-order valence-corrected chi connectivity index (χ3v) is 1.15. The number of aromatic nitrogens is 1. The topological polar surface area (TPSA) is 31.4 Å². The number of nitrogens with zero attached hydrogens (tertiary/aromatic N) is 1. The summed E-state index contributed by atoms with van der Waals surface area (Å²) >= 11 is 0. The van der Waals surface area contributed by atoms with Crippen molar-refractivity contribution in [1.29, 1.82) is 0 Å². The summed E-state index contributed by atoms with van der Waals surface area (Å²) in [6, 6.07) is 3.66. The summed E-state index contributed by atoms with van der Waals surface area (Å²) in [4.78, 5) is 3.82. The second kappa shape index (κ2) is 4.82. The van der Waals surface area contributed by atoms with Crippen molar-refractivity contribution in [3.05, 3.63) is 30.1 Å². The Morgan fingerprint density at radius 1 is 1.64 bits per heavy atom. The second-order valence-corrected chi connectivity index (χ2v) is 2.05. The van der Waals surface area contributed by atoms with Gasteiger partial charge in [0.15, 0.2) is 0 Å². The molecule has 0 bridgehead atoms. The third kappa shape index (κ3) is 3.11. The normalized spacial score (nSPS) is 9.91. The standard InChI is InChI=1S/C8H10NO2/c1-10-7-11-6-8-3-2-4-9-5-8/h2-3,5H,6-7H2,1H3. The van der Waals surface area contributed by atoms with Gasteiger partial charge >= 0.3 is 0 Å². The maximum Gasteiger partial charge on any atom is 0.146 e. The van der Waals surface area contributed by atoms with Crippen molar-refractivity contribution < 1.29 is 9.47 Å². The van der Waals surface area contributed by atoms with Gasteiger partial charge in [-0.2, -0.15) is 0 Å². The Kier molecular flexibility index (Phi) is 3.58. The molecule has 0 aromatic carbocycles. The van der Waals surface area contributed by atoms with E-state index >= 15 is 0 Å². The fourth-order valence-corrected chi connectivity index (χ4v) is 0.679. The van der Waals surface area contributed by atoms with Gasteiger partial charge < -0.3 is 9.47 Å². The molecule has 59 valence electrons. The summed E-state index contributed by atoms with van der Waals surface area (Å²) in [6.07, 6.45) is 4.40. The Labute approximate surface area is 66.0 Å². The molecule has 0 atom stereocenters. The summed E-state index contributed by atoms with van der Waals surface area (Å²) in [5, 5.41) is 0. The maximum atomic E-state index is 5.09. The minimum absolute atomic E-state index is 0.318. The Bertz CT molecular complexity index is 189. The van der Waals surface area contributed by atoms with E-state index < -0.39 is 0 Å². The Morgan fingerprint density at radius 3 is 3.18 bits per heavy atom. The number of methoxy groups -OCH3 is 1. The van der Waals surface area contributed by atoms with Gasteiger partial charge in [-0.15, -0.1) is 0 Å². The zero-order valence-electron chi connectivity index (χ0n) is 6.41. The fraction of sp³-hybridized carbons (Fsp3) is 0.375. The lowest BCUT2D eigenvalue weighted by Crippen LogP contribution is -1.96. The zero-order chi connectivity index (χ0) is 7.94. The smallest absolute Gasteiger partial charge is 0.146 e. The van der Waals surface area contributed by atoms with Crippen molar-refractivity contribution in [1.82, 2.24) is 4.98 Å².